The lowest BCUT2D eigenvalue weighted by atomic mass is 10.1. The van der Waals surface area contributed by atoms with E-state index in [4.69, 9.17) is 0 Å². The van der Waals surface area contributed by atoms with E-state index in [1.165, 1.54) is 17.8 Å². The Morgan fingerprint density at radius 2 is 1.48 bits per heavy atom. The Balaban J connectivity index is 1.41. The van der Waals surface area contributed by atoms with Crippen molar-refractivity contribution in [3.8, 4) is 0 Å². The van der Waals surface area contributed by atoms with Gasteiger partial charge in [0.05, 0.1) is 5.56 Å². The number of rotatable bonds is 5. The van der Waals surface area contributed by atoms with Gasteiger partial charge < -0.3 is 9.80 Å². The summed E-state index contributed by atoms with van der Waals surface area (Å²) in [6, 6.07) is 24.6. The zero-order valence-electron chi connectivity index (χ0n) is 16.1. The van der Waals surface area contributed by atoms with Gasteiger partial charge in [0.25, 0.3) is 5.91 Å². The maximum atomic E-state index is 13.2. The van der Waals surface area contributed by atoms with E-state index in [1.807, 2.05) is 47.4 Å². The second-order valence-electron chi connectivity index (χ2n) is 7.03. The number of para-hydroxylation sites is 1. The SMILES string of the molecule is O=C(c1ccccc1SCc1ccc(F)cc1)N1CCN(c2ccccc2)CC1. The fourth-order valence-electron chi connectivity index (χ4n) is 3.49. The van der Waals surface area contributed by atoms with Crippen molar-refractivity contribution in [1.82, 2.24) is 4.90 Å². The van der Waals surface area contributed by atoms with Gasteiger partial charge in [0.2, 0.25) is 0 Å². The third-order valence-corrected chi connectivity index (χ3v) is 6.26. The second-order valence-corrected chi connectivity index (χ2v) is 8.04. The minimum Gasteiger partial charge on any atom is -0.368 e. The third-order valence-electron chi connectivity index (χ3n) is 5.11. The Kier molecular flexibility index (Phi) is 6.15. The van der Waals surface area contributed by atoms with Crippen LogP contribution in [0.15, 0.2) is 83.8 Å². The molecule has 0 unspecified atom stereocenters. The molecule has 0 aromatic heterocycles. The van der Waals surface area contributed by atoms with E-state index in [0.29, 0.717) is 18.8 Å². The molecule has 4 rings (SSSR count). The number of carbonyl (C=O) groups excluding carboxylic acids is 1. The molecule has 0 saturated carbocycles. The highest BCUT2D eigenvalue weighted by Crippen LogP contribution is 2.28. The number of nitrogens with zero attached hydrogens (tertiary/aromatic N) is 2. The van der Waals surface area contributed by atoms with Crippen LogP contribution in [0.3, 0.4) is 0 Å². The molecule has 0 atom stereocenters. The summed E-state index contributed by atoms with van der Waals surface area (Å²) >= 11 is 1.62. The Labute approximate surface area is 175 Å². The summed E-state index contributed by atoms with van der Waals surface area (Å²) in [5.74, 6) is 0.552. The van der Waals surface area contributed by atoms with Crippen molar-refractivity contribution in [2.45, 2.75) is 10.6 Å². The van der Waals surface area contributed by atoms with Crippen LogP contribution in [-0.4, -0.2) is 37.0 Å². The molecule has 1 aliphatic heterocycles. The number of hydrogen-bond acceptors (Lipinski definition) is 3. The molecular formula is C24H23FN2OS. The zero-order valence-corrected chi connectivity index (χ0v) is 16.9. The van der Waals surface area contributed by atoms with Gasteiger partial charge in [-0.1, -0.05) is 42.5 Å². The molecule has 1 saturated heterocycles. The molecule has 3 aromatic carbocycles. The Morgan fingerprint density at radius 1 is 0.828 bits per heavy atom. The van der Waals surface area contributed by atoms with E-state index in [-0.39, 0.29) is 11.7 Å². The van der Waals surface area contributed by atoms with Gasteiger partial charge in [-0.2, -0.15) is 0 Å². The fourth-order valence-corrected chi connectivity index (χ4v) is 4.49. The van der Waals surface area contributed by atoms with E-state index in [0.717, 1.165) is 29.1 Å². The number of anilines is 1. The topological polar surface area (TPSA) is 23.6 Å². The van der Waals surface area contributed by atoms with Gasteiger partial charge >= 0.3 is 0 Å². The van der Waals surface area contributed by atoms with Crippen LogP contribution >= 0.6 is 11.8 Å². The maximum absolute atomic E-state index is 13.2. The monoisotopic (exact) mass is 406 g/mol. The van der Waals surface area contributed by atoms with Crippen LogP contribution < -0.4 is 4.90 Å². The molecule has 1 amide bonds. The zero-order chi connectivity index (χ0) is 20.1. The van der Waals surface area contributed by atoms with Crippen LogP contribution in [-0.2, 0) is 5.75 Å². The first kappa shape index (κ1) is 19.5. The molecule has 3 nitrogen and oxygen atoms in total. The van der Waals surface area contributed by atoms with Crippen LogP contribution in [0.5, 0.6) is 0 Å². The summed E-state index contributed by atoms with van der Waals surface area (Å²) in [6.45, 7) is 3.09. The summed E-state index contributed by atoms with van der Waals surface area (Å²) in [5.41, 5.74) is 2.98. The van der Waals surface area contributed by atoms with Crippen LogP contribution in [0.1, 0.15) is 15.9 Å². The number of amides is 1. The summed E-state index contributed by atoms with van der Waals surface area (Å²) in [4.78, 5) is 18.4. The lowest BCUT2D eigenvalue weighted by Crippen LogP contribution is -2.48. The van der Waals surface area contributed by atoms with Crippen molar-refractivity contribution in [3.05, 3.63) is 95.8 Å². The number of piperazine rings is 1. The molecule has 5 heteroatoms. The number of thioether (sulfide) groups is 1. The van der Waals surface area contributed by atoms with Gasteiger partial charge in [0.15, 0.2) is 0 Å². The quantitative estimate of drug-likeness (QED) is 0.552. The lowest BCUT2D eigenvalue weighted by Gasteiger charge is -2.36. The molecule has 1 aliphatic rings. The van der Waals surface area contributed by atoms with Gasteiger partial charge in [0.1, 0.15) is 5.82 Å². The predicted molar refractivity (Wildman–Crippen MR) is 117 cm³/mol. The van der Waals surface area contributed by atoms with Crippen LogP contribution in [0.25, 0.3) is 0 Å². The van der Waals surface area contributed by atoms with Crippen molar-refractivity contribution in [2.24, 2.45) is 0 Å². The number of carbonyl (C=O) groups is 1. The summed E-state index contributed by atoms with van der Waals surface area (Å²) in [5, 5.41) is 0. The van der Waals surface area contributed by atoms with Crippen LogP contribution in [0.2, 0.25) is 0 Å². The Morgan fingerprint density at radius 3 is 2.21 bits per heavy atom. The van der Waals surface area contributed by atoms with Gasteiger partial charge in [-0.3, -0.25) is 4.79 Å². The first-order chi connectivity index (χ1) is 14.2. The summed E-state index contributed by atoms with van der Waals surface area (Å²) in [7, 11) is 0. The average molecular weight is 407 g/mol. The number of benzene rings is 3. The molecule has 3 aromatic rings. The van der Waals surface area contributed by atoms with Gasteiger partial charge in [0, 0.05) is 42.5 Å². The molecule has 0 radical (unpaired) electrons. The van der Waals surface area contributed by atoms with Gasteiger partial charge in [-0.15, -0.1) is 11.8 Å². The van der Waals surface area contributed by atoms with Crippen molar-refractivity contribution < 1.29 is 9.18 Å². The van der Waals surface area contributed by atoms with E-state index in [9.17, 15) is 9.18 Å². The van der Waals surface area contributed by atoms with Crippen molar-refractivity contribution >= 4 is 23.4 Å². The fraction of sp³-hybridized carbons (Fsp3) is 0.208. The molecule has 1 fully saturated rings. The largest absolute Gasteiger partial charge is 0.368 e. The van der Waals surface area contributed by atoms with Crippen molar-refractivity contribution in [3.63, 3.8) is 0 Å². The second kappa shape index (κ2) is 9.14. The van der Waals surface area contributed by atoms with Gasteiger partial charge in [-0.25, -0.2) is 4.39 Å². The van der Waals surface area contributed by atoms with E-state index in [1.54, 1.807) is 23.9 Å². The minimum absolute atomic E-state index is 0.0833. The molecule has 29 heavy (non-hydrogen) atoms. The molecule has 0 spiro atoms. The highest BCUT2D eigenvalue weighted by molar-refractivity contribution is 7.98. The third kappa shape index (κ3) is 4.80. The molecule has 1 heterocycles. The normalized spacial score (nSPS) is 14.1. The van der Waals surface area contributed by atoms with E-state index < -0.39 is 0 Å². The molecule has 0 bridgehead atoms. The predicted octanol–water partition coefficient (Wildman–Crippen LogP) is 5.08. The smallest absolute Gasteiger partial charge is 0.255 e. The average Bonchev–Trinajstić information content (AvgIpc) is 2.79. The molecule has 0 aliphatic carbocycles. The standard InChI is InChI=1S/C24H23FN2OS/c25-20-12-10-19(11-13-20)18-29-23-9-5-4-8-22(23)24(28)27-16-14-26(15-17-27)21-6-2-1-3-7-21/h1-13H,14-18H2. The number of halogens is 1. The summed E-state index contributed by atoms with van der Waals surface area (Å²) in [6.07, 6.45) is 0. The Bertz CT molecular complexity index is 954. The molecule has 148 valence electrons. The van der Waals surface area contributed by atoms with Crippen molar-refractivity contribution in [2.75, 3.05) is 31.1 Å². The summed E-state index contributed by atoms with van der Waals surface area (Å²) < 4.78 is 13.1. The molecule has 0 N–H and O–H groups in total. The maximum Gasteiger partial charge on any atom is 0.255 e. The molecular weight excluding hydrogens is 383 g/mol. The Hall–Kier alpha value is -2.79. The van der Waals surface area contributed by atoms with E-state index in [2.05, 4.69) is 17.0 Å². The van der Waals surface area contributed by atoms with Crippen LogP contribution in [0, 0.1) is 5.82 Å². The highest BCUT2D eigenvalue weighted by Gasteiger charge is 2.23. The van der Waals surface area contributed by atoms with Crippen LogP contribution in [0.4, 0.5) is 10.1 Å². The lowest BCUT2D eigenvalue weighted by molar-refractivity contribution is 0.0743. The van der Waals surface area contributed by atoms with Crippen molar-refractivity contribution in [1.29, 1.82) is 0 Å². The highest BCUT2D eigenvalue weighted by atomic mass is 32.2. The number of hydrogen-bond donors (Lipinski definition) is 0. The first-order valence-corrected chi connectivity index (χ1v) is 10.7. The minimum atomic E-state index is -0.232. The van der Waals surface area contributed by atoms with Gasteiger partial charge in [-0.05, 0) is 42.0 Å². The van der Waals surface area contributed by atoms with E-state index >= 15 is 0 Å². The first-order valence-electron chi connectivity index (χ1n) is 9.76.